The average Bonchev–Trinajstić information content (AvgIpc) is 2.48. The molecule has 0 fully saturated rings. The van der Waals surface area contributed by atoms with E-state index in [0.29, 0.717) is 27.9 Å². The summed E-state index contributed by atoms with van der Waals surface area (Å²) in [6.07, 6.45) is 4.50. The molecule has 2 aromatic rings. The quantitative estimate of drug-likeness (QED) is 0.881. The van der Waals surface area contributed by atoms with E-state index in [-0.39, 0.29) is 6.54 Å². The van der Waals surface area contributed by atoms with Gasteiger partial charge in [-0.15, -0.1) is 0 Å². The molecule has 0 aliphatic heterocycles. The van der Waals surface area contributed by atoms with E-state index in [0.717, 1.165) is 0 Å². The number of alkyl halides is 2. The predicted octanol–water partition coefficient (Wildman–Crippen LogP) is 2.93. The fourth-order valence-electron chi connectivity index (χ4n) is 1.55. The van der Waals surface area contributed by atoms with Crippen LogP contribution in [0.4, 0.5) is 8.78 Å². The molecule has 0 aliphatic carbocycles. The van der Waals surface area contributed by atoms with Crippen LogP contribution in [0.2, 0.25) is 5.02 Å². The number of allylic oxidation sites excluding steroid dienone is 1. The summed E-state index contributed by atoms with van der Waals surface area (Å²) in [5.41, 5.74) is 7.23. The van der Waals surface area contributed by atoms with Crippen molar-refractivity contribution in [3.63, 3.8) is 0 Å². The highest BCUT2D eigenvalue weighted by Crippen LogP contribution is 2.29. The molecule has 0 amide bonds. The summed E-state index contributed by atoms with van der Waals surface area (Å²) >= 11 is 6.02. The maximum atomic E-state index is 13.3. The summed E-state index contributed by atoms with van der Waals surface area (Å²) in [6, 6.07) is 1.67. The Morgan fingerprint density at radius 1 is 1.25 bits per heavy atom. The molecule has 20 heavy (non-hydrogen) atoms. The first kappa shape index (κ1) is 14.5. The normalized spacial score (nSPS) is 11.4. The third-order valence-corrected chi connectivity index (χ3v) is 2.94. The Morgan fingerprint density at radius 3 is 2.45 bits per heavy atom. The lowest BCUT2D eigenvalue weighted by molar-refractivity contribution is 0.0423. The Hall–Kier alpha value is -1.92. The van der Waals surface area contributed by atoms with Crippen LogP contribution in [0.1, 0.15) is 11.5 Å². The zero-order valence-electron chi connectivity index (χ0n) is 10.4. The summed E-state index contributed by atoms with van der Waals surface area (Å²) in [6.45, 7) is 3.30. The summed E-state index contributed by atoms with van der Waals surface area (Å²) in [5, 5.41) is 0.369. The van der Waals surface area contributed by atoms with Crippen molar-refractivity contribution < 1.29 is 8.78 Å². The third-order valence-electron chi connectivity index (χ3n) is 2.64. The van der Waals surface area contributed by atoms with Crippen molar-refractivity contribution in [1.82, 2.24) is 15.0 Å². The number of halogens is 3. The molecule has 0 bridgehead atoms. The van der Waals surface area contributed by atoms with Crippen LogP contribution >= 0.6 is 11.6 Å². The number of hydrogen-bond acceptors (Lipinski definition) is 4. The molecule has 0 saturated heterocycles. The van der Waals surface area contributed by atoms with E-state index in [4.69, 9.17) is 17.3 Å². The van der Waals surface area contributed by atoms with E-state index < -0.39 is 11.7 Å². The molecule has 0 saturated carbocycles. The van der Waals surface area contributed by atoms with Gasteiger partial charge in [0.25, 0.3) is 0 Å². The van der Waals surface area contributed by atoms with Crippen molar-refractivity contribution in [3.05, 3.63) is 53.9 Å². The highest BCUT2D eigenvalue weighted by atomic mass is 35.5. The fourth-order valence-corrected chi connectivity index (χ4v) is 1.76. The molecule has 0 aromatic carbocycles. The summed E-state index contributed by atoms with van der Waals surface area (Å²) in [7, 11) is 0. The Morgan fingerprint density at radius 2 is 1.90 bits per heavy atom. The van der Waals surface area contributed by atoms with E-state index in [9.17, 15) is 8.78 Å². The van der Waals surface area contributed by atoms with E-state index in [1.165, 1.54) is 18.6 Å². The van der Waals surface area contributed by atoms with Crippen LogP contribution in [0.3, 0.4) is 0 Å². The lowest BCUT2D eigenvalue weighted by Gasteiger charge is -2.10. The summed E-state index contributed by atoms with van der Waals surface area (Å²) in [4.78, 5) is 11.3. The molecule has 7 heteroatoms. The van der Waals surface area contributed by atoms with Crippen LogP contribution in [0.15, 0.2) is 37.3 Å². The lowest BCUT2D eigenvalue weighted by atomic mass is 10.1. The highest BCUT2D eigenvalue weighted by molar-refractivity contribution is 6.33. The van der Waals surface area contributed by atoms with Crippen LogP contribution in [-0.4, -0.2) is 15.0 Å². The van der Waals surface area contributed by atoms with E-state index in [2.05, 4.69) is 21.5 Å². The van der Waals surface area contributed by atoms with Gasteiger partial charge in [-0.3, -0.25) is 4.98 Å². The second-order valence-corrected chi connectivity index (χ2v) is 4.39. The molecule has 104 valence electrons. The fraction of sp³-hybridized carbons (Fsp3) is 0.154. The highest BCUT2D eigenvalue weighted by Gasteiger charge is 2.30. The Bertz CT molecular complexity index is 629. The van der Waals surface area contributed by atoms with Gasteiger partial charge in [0.15, 0.2) is 0 Å². The van der Waals surface area contributed by atoms with Crippen LogP contribution in [0.5, 0.6) is 0 Å². The first-order chi connectivity index (χ1) is 9.47. The van der Waals surface area contributed by atoms with Crippen molar-refractivity contribution in [2.45, 2.75) is 12.5 Å². The number of nitrogens with two attached hydrogens (primary N) is 1. The number of aromatic nitrogens is 3. The topological polar surface area (TPSA) is 64.7 Å². The SMILES string of the molecule is C=CC(F)(F)c1ncc(-c2cc(CN)ncc2Cl)cn1. The molecule has 0 spiro atoms. The van der Waals surface area contributed by atoms with Gasteiger partial charge in [0, 0.05) is 36.3 Å². The van der Waals surface area contributed by atoms with E-state index >= 15 is 0 Å². The molecule has 2 heterocycles. The van der Waals surface area contributed by atoms with Crippen molar-refractivity contribution in [2.24, 2.45) is 5.73 Å². The number of nitrogens with zero attached hydrogens (tertiary/aromatic N) is 3. The minimum absolute atomic E-state index is 0.248. The average molecular weight is 297 g/mol. The van der Waals surface area contributed by atoms with Gasteiger partial charge in [-0.1, -0.05) is 18.2 Å². The molecule has 0 radical (unpaired) electrons. The summed E-state index contributed by atoms with van der Waals surface area (Å²) in [5.74, 6) is -3.87. The minimum Gasteiger partial charge on any atom is -0.325 e. The van der Waals surface area contributed by atoms with Crippen molar-refractivity contribution in [3.8, 4) is 11.1 Å². The minimum atomic E-state index is -3.26. The number of rotatable bonds is 4. The zero-order valence-corrected chi connectivity index (χ0v) is 11.1. The van der Waals surface area contributed by atoms with Gasteiger partial charge >= 0.3 is 5.92 Å². The molecule has 2 aromatic heterocycles. The van der Waals surface area contributed by atoms with E-state index in [1.807, 2.05) is 0 Å². The second kappa shape index (κ2) is 5.60. The zero-order chi connectivity index (χ0) is 14.8. The Balaban J connectivity index is 2.42. The predicted molar refractivity (Wildman–Crippen MR) is 72.3 cm³/mol. The smallest absolute Gasteiger partial charge is 0.324 e. The molecular formula is C13H11ClF2N4. The number of hydrogen-bond donors (Lipinski definition) is 1. The van der Waals surface area contributed by atoms with Crippen molar-refractivity contribution >= 4 is 11.6 Å². The van der Waals surface area contributed by atoms with Gasteiger partial charge < -0.3 is 5.73 Å². The van der Waals surface area contributed by atoms with Gasteiger partial charge in [0.1, 0.15) is 0 Å². The monoisotopic (exact) mass is 296 g/mol. The largest absolute Gasteiger partial charge is 0.325 e. The van der Waals surface area contributed by atoms with Gasteiger partial charge in [-0.25, -0.2) is 9.97 Å². The van der Waals surface area contributed by atoms with Crippen LogP contribution < -0.4 is 5.73 Å². The molecule has 0 unspecified atom stereocenters. The molecule has 4 nitrogen and oxygen atoms in total. The lowest BCUT2D eigenvalue weighted by Crippen LogP contribution is -2.13. The first-order valence-electron chi connectivity index (χ1n) is 5.66. The van der Waals surface area contributed by atoms with Crippen LogP contribution in [0.25, 0.3) is 11.1 Å². The van der Waals surface area contributed by atoms with Gasteiger partial charge in [-0.2, -0.15) is 8.78 Å². The summed E-state index contributed by atoms with van der Waals surface area (Å²) < 4.78 is 26.6. The standard InChI is InChI=1S/C13H11ClF2N4/c1-2-13(15,16)12-19-5-8(6-20-12)10-3-9(4-17)18-7-11(10)14/h2-3,5-7H,1,4,17H2. The maximum absolute atomic E-state index is 13.3. The van der Waals surface area contributed by atoms with Gasteiger partial charge in [-0.05, 0) is 12.1 Å². The van der Waals surface area contributed by atoms with Crippen molar-refractivity contribution in [2.75, 3.05) is 0 Å². The Kier molecular flexibility index (Phi) is 4.06. The van der Waals surface area contributed by atoms with Crippen LogP contribution in [0, 0.1) is 0 Å². The molecule has 2 rings (SSSR count). The van der Waals surface area contributed by atoms with Gasteiger partial charge in [0.2, 0.25) is 5.82 Å². The first-order valence-corrected chi connectivity index (χ1v) is 6.04. The maximum Gasteiger partial charge on any atom is 0.324 e. The van der Waals surface area contributed by atoms with Crippen LogP contribution in [-0.2, 0) is 12.5 Å². The molecule has 2 N–H and O–H groups in total. The van der Waals surface area contributed by atoms with E-state index in [1.54, 1.807) is 6.07 Å². The Labute approximate surface area is 119 Å². The number of pyridine rings is 1. The second-order valence-electron chi connectivity index (χ2n) is 3.98. The third kappa shape index (κ3) is 2.81. The van der Waals surface area contributed by atoms with Crippen molar-refractivity contribution in [1.29, 1.82) is 0 Å². The van der Waals surface area contributed by atoms with Gasteiger partial charge in [0.05, 0.1) is 10.7 Å². The molecule has 0 aliphatic rings. The molecular weight excluding hydrogens is 286 g/mol. The molecule has 0 atom stereocenters.